The minimum Gasteiger partial charge on any atom is -0.383 e. The van der Waals surface area contributed by atoms with E-state index in [1.165, 1.54) is 25.9 Å². The molecule has 0 N–H and O–H groups in total. The molecule has 14 heavy (non-hydrogen) atoms. The lowest BCUT2D eigenvalue weighted by Crippen LogP contribution is -2.41. The Bertz CT molecular complexity index is 162. The molecule has 1 rings (SSSR count). The lowest BCUT2D eigenvalue weighted by atomic mass is 9.76. The van der Waals surface area contributed by atoms with Crippen molar-refractivity contribution in [1.29, 1.82) is 0 Å². The number of rotatable bonds is 3. The summed E-state index contributed by atoms with van der Waals surface area (Å²) in [4.78, 5) is 2.54. The summed E-state index contributed by atoms with van der Waals surface area (Å²) in [6.07, 6.45) is 2.75. The zero-order valence-corrected chi connectivity index (χ0v) is 10.2. The molecule has 1 saturated heterocycles. The van der Waals surface area contributed by atoms with Gasteiger partial charge in [-0.1, -0.05) is 20.8 Å². The molecule has 0 bridgehead atoms. The summed E-state index contributed by atoms with van der Waals surface area (Å²) in [5, 5.41) is 0. The van der Waals surface area contributed by atoms with Crippen LogP contribution in [0.25, 0.3) is 0 Å². The first-order chi connectivity index (χ1) is 6.54. The van der Waals surface area contributed by atoms with E-state index in [-0.39, 0.29) is 0 Å². The average molecular weight is 199 g/mol. The van der Waals surface area contributed by atoms with Crippen molar-refractivity contribution < 1.29 is 4.74 Å². The van der Waals surface area contributed by atoms with Crippen LogP contribution in [0.4, 0.5) is 0 Å². The Morgan fingerprint density at radius 2 is 2.07 bits per heavy atom. The largest absolute Gasteiger partial charge is 0.383 e. The Morgan fingerprint density at radius 3 is 2.64 bits per heavy atom. The van der Waals surface area contributed by atoms with E-state index in [0.29, 0.717) is 5.41 Å². The summed E-state index contributed by atoms with van der Waals surface area (Å²) in [5.74, 6) is 0.855. The average Bonchev–Trinajstić information content (AvgIpc) is 2.14. The Morgan fingerprint density at radius 1 is 1.36 bits per heavy atom. The third-order valence-corrected chi connectivity index (χ3v) is 3.34. The van der Waals surface area contributed by atoms with Crippen LogP contribution in [-0.2, 0) is 4.74 Å². The van der Waals surface area contributed by atoms with Crippen molar-refractivity contribution >= 4 is 0 Å². The second-order valence-corrected chi connectivity index (χ2v) is 5.50. The van der Waals surface area contributed by atoms with Gasteiger partial charge in [0.1, 0.15) is 0 Å². The molecule has 0 unspecified atom stereocenters. The fourth-order valence-corrected chi connectivity index (χ4v) is 2.19. The monoisotopic (exact) mass is 199 g/mol. The van der Waals surface area contributed by atoms with Gasteiger partial charge in [0, 0.05) is 20.2 Å². The van der Waals surface area contributed by atoms with Crippen molar-refractivity contribution in [2.24, 2.45) is 11.3 Å². The third-order valence-electron chi connectivity index (χ3n) is 3.34. The molecule has 1 fully saturated rings. The number of likely N-dealkylation sites (tertiary alicyclic amines) is 1. The van der Waals surface area contributed by atoms with E-state index in [1.807, 2.05) is 0 Å². The molecule has 1 aliphatic rings. The molecule has 0 aliphatic carbocycles. The van der Waals surface area contributed by atoms with Crippen molar-refractivity contribution in [2.75, 3.05) is 33.4 Å². The highest BCUT2D eigenvalue weighted by Crippen LogP contribution is 2.32. The molecule has 0 aromatic rings. The summed E-state index contributed by atoms with van der Waals surface area (Å²) in [7, 11) is 1.78. The highest BCUT2D eigenvalue weighted by molar-refractivity contribution is 4.81. The fourth-order valence-electron chi connectivity index (χ4n) is 2.19. The number of nitrogens with zero attached hydrogens (tertiary/aromatic N) is 1. The van der Waals surface area contributed by atoms with Crippen molar-refractivity contribution in [1.82, 2.24) is 4.90 Å². The summed E-state index contributed by atoms with van der Waals surface area (Å²) in [6, 6.07) is 0. The van der Waals surface area contributed by atoms with Gasteiger partial charge in [-0.2, -0.15) is 0 Å². The maximum absolute atomic E-state index is 5.12. The van der Waals surface area contributed by atoms with Gasteiger partial charge in [0.2, 0.25) is 0 Å². The molecule has 2 nitrogen and oxygen atoms in total. The molecule has 1 atom stereocenters. The molecule has 0 saturated carbocycles. The summed E-state index contributed by atoms with van der Waals surface area (Å²) in [6.45, 7) is 11.6. The van der Waals surface area contributed by atoms with Gasteiger partial charge in [-0.05, 0) is 30.7 Å². The Hall–Kier alpha value is -0.0800. The Kier molecular flexibility index (Phi) is 4.39. The lowest BCUT2D eigenvalue weighted by Gasteiger charge is -2.39. The lowest BCUT2D eigenvalue weighted by molar-refractivity contribution is 0.0745. The molecular weight excluding hydrogens is 174 g/mol. The predicted octanol–water partition coefficient (Wildman–Crippen LogP) is 2.39. The SMILES string of the molecule is COCCN1CCC[C@H](C(C)(C)C)C1. The van der Waals surface area contributed by atoms with E-state index >= 15 is 0 Å². The first-order valence-electron chi connectivity index (χ1n) is 5.75. The molecule has 84 valence electrons. The minimum atomic E-state index is 0.464. The molecule has 0 aromatic heterocycles. The molecule has 0 amide bonds. The van der Waals surface area contributed by atoms with Crippen LogP contribution in [0.15, 0.2) is 0 Å². The molecule has 0 radical (unpaired) electrons. The number of piperidine rings is 1. The molecule has 2 heteroatoms. The van der Waals surface area contributed by atoms with E-state index in [1.54, 1.807) is 7.11 Å². The van der Waals surface area contributed by atoms with Crippen LogP contribution in [0, 0.1) is 11.3 Å². The van der Waals surface area contributed by atoms with E-state index in [9.17, 15) is 0 Å². The van der Waals surface area contributed by atoms with Gasteiger partial charge in [-0.15, -0.1) is 0 Å². The highest BCUT2D eigenvalue weighted by Gasteiger charge is 2.29. The van der Waals surface area contributed by atoms with Gasteiger partial charge in [0.25, 0.3) is 0 Å². The van der Waals surface area contributed by atoms with E-state index in [2.05, 4.69) is 25.7 Å². The van der Waals surface area contributed by atoms with Gasteiger partial charge in [-0.3, -0.25) is 0 Å². The first-order valence-corrected chi connectivity index (χ1v) is 5.75. The second-order valence-electron chi connectivity index (χ2n) is 5.50. The van der Waals surface area contributed by atoms with Crippen LogP contribution in [0.3, 0.4) is 0 Å². The van der Waals surface area contributed by atoms with Crippen LogP contribution < -0.4 is 0 Å². The van der Waals surface area contributed by atoms with Crippen molar-refractivity contribution in [3.05, 3.63) is 0 Å². The van der Waals surface area contributed by atoms with Gasteiger partial charge in [-0.25, -0.2) is 0 Å². The van der Waals surface area contributed by atoms with E-state index < -0.39 is 0 Å². The van der Waals surface area contributed by atoms with Crippen LogP contribution in [0.2, 0.25) is 0 Å². The third kappa shape index (κ3) is 3.58. The molecule has 0 spiro atoms. The quantitative estimate of drug-likeness (QED) is 0.692. The van der Waals surface area contributed by atoms with Crippen LogP contribution in [0.5, 0.6) is 0 Å². The number of methoxy groups -OCH3 is 1. The first kappa shape index (κ1) is 12.0. The second kappa shape index (κ2) is 5.13. The smallest absolute Gasteiger partial charge is 0.0589 e. The van der Waals surface area contributed by atoms with E-state index in [0.717, 1.165) is 19.1 Å². The molecule has 1 aliphatic heterocycles. The standard InChI is InChI=1S/C12H25NO/c1-12(2,3)11-6-5-7-13(10-11)8-9-14-4/h11H,5-10H2,1-4H3/t11-/m0/s1. The normalized spacial score (nSPS) is 25.3. The van der Waals surface area contributed by atoms with Crippen LogP contribution in [-0.4, -0.2) is 38.3 Å². The summed E-state index contributed by atoms with van der Waals surface area (Å²) in [5.41, 5.74) is 0.464. The van der Waals surface area contributed by atoms with Gasteiger partial charge >= 0.3 is 0 Å². The van der Waals surface area contributed by atoms with Crippen molar-refractivity contribution in [3.8, 4) is 0 Å². The van der Waals surface area contributed by atoms with Crippen molar-refractivity contribution in [3.63, 3.8) is 0 Å². The number of ether oxygens (including phenoxy) is 1. The van der Waals surface area contributed by atoms with Crippen LogP contribution in [0.1, 0.15) is 33.6 Å². The molecule has 0 aromatic carbocycles. The Balaban J connectivity index is 2.36. The topological polar surface area (TPSA) is 12.5 Å². The summed E-state index contributed by atoms with van der Waals surface area (Å²) >= 11 is 0. The number of hydrogen-bond acceptors (Lipinski definition) is 2. The predicted molar refractivity (Wildman–Crippen MR) is 60.5 cm³/mol. The van der Waals surface area contributed by atoms with E-state index in [4.69, 9.17) is 4.74 Å². The maximum Gasteiger partial charge on any atom is 0.0589 e. The van der Waals surface area contributed by atoms with Crippen LogP contribution >= 0.6 is 0 Å². The fraction of sp³-hybridized carbons (Fsp3) is 1.00. The maximum atomic E-state index is 5.12. The molecular formula is C12H25NO. The zero-order chi connectivity index (χ0) is 10.6. The summed E-state index contributed by atoms with van der Waals surface area (Å²) < 4.78 is 5.12. The van der Waals surface area contributed by atoms with Gasteiger partial charge < -0.3 is 9.64 Å². The Labute approximate surface area is 88.6 Å². The molecule has 1 heterocycles. The van der Waals surface area contributed by atoms with Gasteiger partial charge in [0.05, 0.1) is 6.61 Å². The van der Waals surface area contributed by atoms with Gasteiger partial charge in [0.15, 0.2) is 0 Å². The highest BCUT2D eigenvalue weighted by atomic mass is 16.5. The zero-order valence-electron chi connectivity index (χ0n) is 10.2. The number of hydrogen-bond donors (Lipinski definition) is 0. The minimum absolute atomic E-state index is 0.464. The van der Waals surface area contributed by atoms with Crippen molar-refractivity contribution in [2.45, 2.75) is 33.6 Å².